The second-order valence-corrected chi connectivity index (χ2v) is 4.85. The summed E-state index contributed by atoms with van der Waals surface area (Å²) in [7, 11) is 2.13. The minimum absolute atomic E-state index is 0.703. The van der Waals surface area contributed by atoms with Crippen molar-refractivity contribution in [2.24, 2.45) is 0 Å². The maximum atomic E-state index is 5.66. The van der Waals surface area contributed by atoms with Crippen molar-refractivity contribution >= 4 is 0 Å². The van der Waals surface area contributed by atoms with E-state index in [4.69, 9.17) is 4.74 Å². The molecule has 0 saturated carbocycles. The Hall–Kier alpha value is -1.87. The standard InChI is InChI=1S/C17H22N2O/c1-3-20-17-10-5-4-8-15(17)14-19(2)13-11-16-9-6-7-12-18-16/h4-10,12H,3,11,13-14H2,1-2H3. The summed E-state index contributed by atoms with van der Waals surface area (Å²) in [5, 5.41) is 0. The van der Waals surface area contributed by atoms with Gasteiger partial charge in [-0.3, -0.25) is 4.98 Å². The molecule has 0 radical (unpaired) electrons. The average Bonchev–Trinajstić information content (AvgIpc) is 2.49. The van der Waals surface area contributed by atoms with Crippen LogP contribution in [-0.2, 0) is 13.0 Å². The highest BCUT2D eigenvalue weighted by molar-refractivity contribution is 5.33. The van der Waals surface area contributed by atoms with Gasteiger partial charge in [0.05, 0.1) is 6.61 Å². The zero-order valence-corrected chi connectivity index (χ0v) is 12.2. The summed E-state index contributed by atoms with van der Waals surface area (Å²) < 4.78 is 5.66. The van der Waals surface area contributed by atoms with Crippen LogP contribution in [0, 0.1) is 0 Å². The van der Waals surface area contributed by atoms with E-state index in [9.17, 15) is 0 Å². The number of likely N-dealkylation sites (N-methyl/N-ethyl adjacent to an activating group) is 1. The third-order valence-corrected chi connectivity index (χ3v) is 3.19. The lowest BCUT2D eigenvalue weighted by atomic mass is 10.2. The second-order valence-electron chi connectivity index (χ2n) is 4.85. The lowest BCUT2D eigenvalue weighted by molar-refractivity contribution is 0.304. The van der Waals surface area contributed by atoms with E-state index in [0.29, 0.717) is 6.61 Å². The second kappa shape index (κ2) is 7.65. The third kappa shape index (κ3) is 4.35. The van der Waals surface area contributed by atoms with Crippen molar-refractivity contribution in [2.45, 2.75) is 19.9 Å². The van der Waals surface area contributed by atoms with Gasteiger partial charge in [0.25, 0.3) is 0 Å². The molecule has 0 amide bonds. The monoisotopic (exact) mass is 270 g/mol. The molecule has 0 fully saturated rings. The van der Waals surface area contributed by atoms with Crippen LogP contribution >= 0.6 is 0 Å². The fraction of sp³-hybridized carbons (Fsp3) is 0.353. The number of pyridine rings is 1. The molecule has 3 nitrogen and oxygen atoms in total. The van der Waals surface area contributed by atoms with E-state index in [1.165, 1.54) is 5.56 Å². The van der Waals surface area contributed by atoms with E-state index in [1.54, 1.807) is 0 Å². The van der Waals surface area contributed by atoms with Crippen LogP contribution in [0.2, 0.25) is 0 Å². The predicted molar refractivity (Wildman–Crippen MR) is 81.9 cm³/mol. The number of hydrogen-bond acceptors (Lipinski definition) is 3. The summed E-state index contributed by atoms with van der Waals surface area (Å²) in [6, 6.07) is 14.3. The maximum Gasteiger partial charge on any atom is 0.123 e. The lowest BCUT2D eigenvalue weighted by Gasteiger charge is -2.18. The van der Waals surface area contributed by atoms with Crippen LogP contribution in [0.1, 0.15) is 18.2 Å². The van der Waals surface area contributed by atoms with E-state index in [0.717, 1.165) is 31.0 Å². The van der Waals surface area contributed by atoms with Gasteiger partial charge in [-0.1, -0.05) is 24.3 Å². The molecule has 1 heterocycles. The molecule has 20 heavy (non-hydrogen) atoms. The molecule has 0 N–H and O–H groups in total. The highest BCUT2D eigenvalue weighted by Crippen LogP contribution is 2.19. The van der Waals surface area contributed by atoms with Crippen molar-refractivity contribution in [3.63, 3.8) is 0 Å². The fourth-order valence-electron chi connectivity index (χ4n) is 2.15. The van der Waals surface area contributed by atoms with Gasteiger partial charge in [0.15, 0.2) is 0 Å². The molecule has 0 aliphatic heterocycles. The molecule has 0 spiro atoms. The van der Waals surface area contributed by atoms with Crippen molar-refractivity contribution in [3.05, 3.63) is 59.9 Å². The summed E-state index contributed by atoms with van der Waals surface area (Å²) in [6.45, 7) is 4.59. The molecule has 0 aliphatic carbocycles. The van der Waals surface area contributed by atoms with Crippen molar-refractivity contribution in [2.75, 3.05) is 20.2 Å². The molecular formula is C17H22N2O. The molecule has 0 unspecified atom stereocenters. The fourth-order valence-corrected chi connectivity index (χ4v) is 2.15. The van der Waals surface area contributed by atoms with Gasteiger partial charge in [-0.2, -0.15) is 0 Å². The molecule has 0 aliphatic rings. The Balaban J connectivity index is 1.89. The Kier molecular flexibility index (Phi) is 5.56. The minimum Gasteiger partial charge on any atom is -0.494 e. The number of nitrogens with zero attached hydrogens (tertiary/aromatic N) is 2. The zero-order chi connectivity index (χ0) is 14.2. The average molecular weight is 270 g/mol. The Labute approximate surface area is 121 Å². The van der Waals surface area contributed by atoms with Gasteiger partial charge < -0.3 is 9.64 Å². The Morgan fingerprint density at radius 1 is 1.10 bits per heavy atom. The number of para-hydroxylation sites is 1. The first-order chi connectivity index (χ1) is 9.79. The molecule has 0 saturated heterocycles. The molecule has 2 aromatic rings. The zero-order valence-electron chi connectivity index (χ0n) is 12.2. The van der Waals surface area contributed by atoms with Gasteiger partial charge in [-0.15, -0.1) is 0 Å². The van der Waals surface area contributed by atoms with Crippen LogP contribution in [0.15, 0.2) is 48.7 Å². The molecule has 1 aromatic heterocycles. The number of benzene rings is 1. The number of ether oxygens (including phenoxy) is 1. The van der Waals surface area contributed by atoms with Crippen molar-refractivity contribution < 1.29 is 4.74 Å². The molecule has 3 heteroatoms. The van der Waals surface area contributed by atoms with Crippen LogP contribution in [0.3, 0.4) is 0 Å². The first-order valence-corrected chi connectivity index (χ1v) is 7.08. The van der Waals surface area contributed by atoms with Gasteiger partial charge >= 0.3 is 0 Å². The summed E-state index contributed by atoms with van der Waals surface area (Å²) in [5.74, 6) is 0.986. The quantitative estimate of drug-likeness (QED) is 0.773. The first kappa shape index (κ1) is 14.5. The van der Waals surface area contributed by atoms with E-state index >= 15 is 0 Å². The van der Waals surface area contributed by atoms with Crippen LogP contribution in [0.4, 0.5) is 0 Å². The molecule has 106 valence electrons. The predicted octanol–water partition coefficient (Wildman–Crippen LogP) is 3.15. The summed E-state index contributed by atoms with van der Waals surface area (Å²) in [4.78, 5) is 6.65. The number of rotatable bonds is 7. The van der Waals surface area contributed by atoms with E-state index < -0.39 is 0 Å². The van der Waals surface area contributed by atoms with Crippen molar-refractivity contribution in [1.29, 1.82) is 0 Å². The van der Waals surface area contributed by atoms with E-state index in [1.807, 2.05) is 37.4 Å². The number of hydrogen-bond donors (Lipinski definition) is 0. The third-order valence-electron chi connectivity index (χ3n) is 3.19. The van der Waals surface area contributed by atoms with Gasteiger partial charge in [0.1, 0.15) is 5.75 Å². The lowest BCUT2D eigenvalue weighted by Crippen LogP contribution is -2.21. The minimum atomic E-state index is 0.703. The highest BCUT2D eigenvalue weighted by Gasteiger charge is 2.06. The smallest absolute Gasteiger partial charge is 0.123 e. The van der Waals surface area contributed by atoms with Crippen LogP contribution in [-0.4, -0.2) is 30.1 Å². The SMILES string of the molecule is CCOc1ccccc1CN(C)CCc1ccccn1. The van der Waals surface area contributed by atoms with Crippen LogP contribution in [0.5, 0.6) is 5.75 Å². The highest BCUT2D eigenvalue weighted by atomic mass is 16.5. The van der Waals surface area contributed by atoms with Gasteiger partial charge in [0.2, 0.25) is 0 Å². The topological polar surface area (TPSA) is 25.4 Å². The van der Waals surface area contributed by atoms with Gasteiger partial charge in [-0.25, -0.2) is 0 Å². The summed E-state index contributed by atoms with van der Waals surface area (Å²) in [6.07, 6.45) is 2.81. The Morgan fingerprint density at radius 2 is 1.90 bits per heavy atom. The van der Waals surface area contributed by atoms with E-state index in [-0.39, 0.29) is 0 Å². The van der Waals surface area contributed by atoms with Gasteiger partial charge in [-0.05, 0) is 32.2 Å². The van der Waals surface area contributed by atoms with Gasteiger partial charge in [0, 0.05) is 37.0 Å². The normalized spacial score (nSPS) is 10.8. The summed E-state index contributed by atoms with van der Waals surface area (Å²) >= 11 is 0. The molecule has 0 atom stereocenters. The van der Waals surface area contributed by atoms with Crippen LogP contribution in [0.25, 0.3) is 0 Å². The Bertz CT molecular complexity index is 513. The largest absolute Gasteiger partial charge is 0.494 e. The van der Waals surface area contributed by atoms with Crippen molar-refractivity contribution in [3.8, 4) is 5.75 Å². The maximum absolute atomic E-state index is 5.66. The van der Waals surface area contributed by atoms with Crippen LogP contribution < -0.4 is 4.74 Å². The van der Waals surface area contributed by atoms with Crippen molar-refractivity contribution in [1.82, 2.24) is 9.88 Å². The Morgan fingerprint density at radius 3 is 2.65 bits per heavy atom. The number of aromatic nitrogens is 1. The molecule has 0 bridgehead atoms. The molecule has 2 rings (SSSR count). The molecule has 1 aromatic carbocycles. The summed E-state index contributed by atoms with van der Waals surface area (Å²) in [5.41, 5.74) is 2.37. The first-order valence-electron chi connectivity index (χ1n) is 7.08. The molecular weight excluding hydrogens is 248 g/mol. The van der Waals surface area contributed by atoms with E-state index in [2.05, 4.69) is 35.1 Å².